The predicted octanol–water partition coefficient (Wildman–Crippen LogP) is 3.19. The van der Waals surface area contributed by atoms with Crippen LogP contribution in [0.3, 0.4) is 0 Å². The van der Waals surface area contributed by atoms with Crippen molar-refractivity contribution in [1.29, 1.82) is 0 Å². The molecular weight excluding hydrogens is 357 g/mol. The molecule has 7 heteroatoms. The second-order valence-corrected chi connectivity index (χ2v) is 6.93. The van der Waals surface area contributed by atoms with Gasteiger partial charge >= 0.3 is 0 Å². The van der Waals surface area contributed by atoms with Crippen LogP contribution >= 0.6 is 11.6 Å². The maximum atomic E-state index is 14.2. The van der Waals surface area contributed by atoms with E-state index in [1.807, 2.05) is 0 Å². The highest BCUT2D eigenvalue weighted by molar-refractivity contribution is 6.30. The summed E-state index contributed by atoms with van der Waals surface area (Å²) in [5, 5.41) is 0.254. The van der Waals surface area contributed by atoms with E-state index in [9.17, 15) is 14.0 Å². The van der Waals surface area contributed by atoms with E-state index in [4.69, 9.17) is 17.3 Å². The molecule has 1 aliphatic rings. The molecule has 0 radical (unpaired) electrons. The SMILES string of the molecule is Cc1ccncc1C(=O)N([C@H](C)C(N)=O)[C@@H]1CCc2c(F)cc(Cl)cc21. The molecule has 0 fully saturated rings. The minimum Gasteiger partial charge on any atom is -0.368 e. The summed E-state index contributed by atoms with van der Waals surface area (Å²) in [7, 11) is 0. The van der Waals surface area contributed by atoms with Gasteiger partial charge in [0.2, 0.25) is 5.91 Å². The molecule has 0 spiro atoms. The molecule has 1 heterocycles. The Bertz CT molecular complexity index is 887. The number of carbonyl (C=O) groups is 2. The Kier molecular flexibility index (Phi) is 4.96. The van der Waals surface area contributed by atoms with E-state index < -0.39 is 23.8 Å². The van der Waals surface area contributed by atoms with Crippen LogP contribution in [0.15, 0.2) is 30.6 Å². The number of fused-ring (bicyclic) bond motifs is 1. The monoisotopic (exact) mass is 375 g/mol. The van der Waals surface area contributed by atoms with Crippen molar-refractivity contribution in [2.75, 3.05) is 0 Å². The maximum absolute atomic E-state index is 14.2. The van der Waals surface area contributed by atoms with E-state index in [2.05, 4.69) is 4.98 Å². The summed E-state index contributed by atoms with van der Waals surface area (Å²) in [6.07, 6.45) is 4.01. The molecule has 0 saturated heterocycles. The van der Waals surface area contributed by atoms with E-state index in [1.165, 1.54) is 17.2 Å². The molecule has 0 unspecified atom stereocenters. The fourth-order valence-corrected chi connectivity index (χ4v) is 3.67. The van der Waals surface area contributed by atoms with Gasteiger partial charge in [-0.2, -0.15) is 0 Å². The van der Waals surface area contributed by atoms with Crippen LogP contribution in [0.2, 0.25) is 5.02 Å². The molecule has 2 N–H and O–H groups in total. The summed E-state index contributed by atoms with van der Waals surface area (Å²) in [6.45, 7) is 3.37. The van der Waals surface area contributed by atoms with Crippen LogP contribution < -0.4 is 5.73 Å². The van der Waals surface area contributed by atoms with Crippen molar-refractivity contribution >= 4 is 23.4 Å². The van der Waals surface area contributed by atoms with Crippen molar-refractivity contribution < 1.29 is 14.0 Å². The Balaban J connectivity index is 2.09. The first-order valence-electron chi connectivity index (χ1n) is 8.31. The third-order valence-electron chi connectivity index (χ3n) is 4.89. The van der Waals surface area contributed by atoms with E-state index in [0.29, 0.717) is 29.5 Å². The lowest BCUT2D eigenvalue weighted by Gasteiger charge is -2.34. The van der Waals surface area contributed by atoms with Crippen molar-refractivity contribution in [3.05, 3.63) is 63.7 Å². The Labute approximate surface area is 156 Å². The molecule has 0 bridgehead atoms. The molecule has 136 valence electrons. The van der Waals surface area contributed by atoms with Crippen LogP contribution in [-0.2, 0) is 11.2 Å². The first-order valence-corrected chi connectivity index (χ1v) is 8.69. The highest BCUT2D eigenvalue weighted by Crippen LogP contribution is 2.40. The molecule has 5 nitrogen and oxygen atoms in total. The number of primary amides is 1. The maximum Gasteiger partial charge on any atom is 0.256 e. The number of hydrogen-bond donors (Lipinski definition) is 1. The van der Waals surface area contributed by atoms with Crippen LogP contribution in [-0.4, -0.2) is 27.7 Å². The van der Waals surface area contributed by atoms with Crippen LogP contribution in [0.5, 0.6) is 0 Å². The standard InChI is InChI=1S/C19H19ClFN3O2/c1-10-5-6-23-9-15(10)19(26)24(11(2)18(22)25)17-4-3-13-14(17)7-12(20)8-16(13)21/h5-9,11,17H,3-4H2,1-2H3,(H2,22,25)/t11-,17-/m1/s1. The van der Waals surface area contributed by atoms with E-state index in [0.717, 1.165) is 5.56 Å². The zero-order chi connectivity index (χ0) is 19.0. The third kappa shape index (κ3) is 3.17. The zero-order valence-electron chi connectivity index (χ0n) is 14.5. The Morgan fingerprint density at radius 3 is 2.81 bits per heavy atom. The second-order valence-electron chi connectivity index (χ2n) is 6.49. The minimum atomic E-state index is -0.861. The topological polar surface area (TPSA) is 76.3 Å². The number of aromatic nitrogens is 1. The molecule has 0 aliphatic heterocycles. The van der Waals surface area contributed by atoms with Crippen LogP contribution in [0.25, 0.3) is 0 Å². The number of amides is 2. The Morgan fingerprint density at radius 1 is 1.42 bits per heavy atom. The van der Waals surface area contributed by atoms with Gasteiger partial charge in [-0.25, -0.2) is 4.39 Å². The quantitative estimate of drug-likeness (QED) is 0.891. The smallest absolute Gasteiger partial charge is 0.256 e. The lowest BCUT2D eigenvalue weighted by atomic mass is 10.0. The van der Waals surface area contributed by atoms with E-state index in [-0.39, 0.29) is 10.9 Å². The largest absolute Gasteiger partial charge is 0.368 e. The van der Waals surface area contributed by atoms with Crippen LogP contribution in [0.1, 0.15) is 46.4 Å². The minimum absolute atomic E-state index is 0.254. The molecule has 2 amide bonds. The van der Waals surface area contributed by atoms with Crippen molar-refractivity contribution in [2.45, 2.75) is 38.8 Å². The van der Waals surface area contributed by atoms with E-state index in [1.54, 1.807) is 32.2 Å². The normalized spacial score (nSPS) is 16.8. The lowest BCUT2D eigenvalue weighted by Crippen LogP contribution is -2.47. The highest BCUT2D eigenvalue weighted by atomic mass is 35.5. The van der Waals surface area contributed by atoms with Gasteiger partial charge in [-0.05, 0) is 61.6 Å². The van der Waals surface area contributed by atoms with Crippen LogP contribution in [0.4, 0.5) is 4.39 Å². The summed E-state index contributed by atoms with van der Waals surface area (Å²) >= 11 is 6.02. The number of nitrogens with two attached hydrogens (primary N) is 1. The number of carbonyl (C=O) groups excluding carboxylic acids is 2. The molecule has 0 saturated carbocycles. The Morgan fingerprint density at radius 2 is 2.15 bits per heavy atom. The van der Waals surface area contributed by atoms with Gasteiger partial charge in [0.05, 0.1) is 11.6 Å². The number of pyridine rings is 1. The fraction of sp³-hybridized carbons (Fsp3) is 0.316. The summed E-state index contributed by atoms with van der Waals surface area (Å²) in [6, 6.07) is 3.30. The number of halogens is 2. The van der Waals surface area contributed by atoms with Gasteiger partial charge in [0.1, 0.15) is 11.9 Å². The lowest BCUT2D eigenvalue weighted by molar-refractivity contribution is -0.122. The van der Waals surface area contributed by atoms with Gasteiger partial charge in [-0.3, -0.25) is 14.6 Å². The van der Waals surface area contributed by atoms with Crippen molar-refractivity contribution in [3.8, 4) is 0 Å². The summed E-state index contributed by atoms with van der Waals surface area (Å²) in [5.74, 6) is -1.39. The summed E-state index contributed by atoms with van der Waals surface area (Å²) < 4.78 is 14.2. The van der Waals surface area contributed by atoms with Gasteiger partial charge in [-0.1, -0.05) is 11.6 Å². The van der Waals surface area contributed by atoms with Gasteiger partial charge < -0.3 is 10.6 Å². The fourth-order valence-electron chi connectivity index (χ4n) is 3.46. The molecule has 1 aromatic carbocycles. The zero-order valence-corrected chi connectivity index (χ0v) is 15.3. The van der Waals surface area contributed by atoms with E-state index >= 15 is 0 Å². The molecule has 2 aromatic rings. The Hall–Kier alpha value is -2.47. The predicted molar refractivity (Wildman–Crippen MR) is 96.3 cm³/mol. The second kappa shape index (κ2) is 7.03. The number of nitrogens with zero attached hydrogens (tertiary/aromatic N) is 2. The average molecular weight is 376 g/mol. The highest BCUT2D eigenvalue weighted by Gasteiger charge is 2.38. The van der Waals surface area contributed by atoms with Gasteiger partial charge in [0.15, 0.2) is 0 Å². The van der Waals surface area contributed by atoms with Crippen LogP contribution in [0, 0.1) is 12.7 Å². The number of benzene rings is 1. The third-order valence-corrected chi connectivity index (χ3v) is 5.11. The number of hydrogen-bond acceptors (Lipinski definition) is 3. The molecule has 26 heavy (non-hydrogen) atoms. The molecular formula is C19H19ClFN3O2. The molecule has 1 aliphatic carbocycles. The summed E-state index contributed by atoms with van der Waals surface area (Å²) in [5.41, 5.74) is 7.76. The van der Waals surface area contributed by atoms with Crippen molar-refractivity contribution in [3.63, 3.8) is 0 Å². The molecule has 1 aromatic heterocycles. The molecule has 2 atom stereocenters. The van der Waals surface area contributed by atoms with Gasteiger partial charge in [0.25, 0.3) is 5.91 Å². The molecule has 3 rings (SSSR count). The first kappa shape index (κ1) is 18.3. The number of rotatable bonds is 4. The average Bonchev–Trinajstić information content (AvgIpc) is 2.99. The van der Waals surface area contributed by atoms with Gasteiger partial charge in [0, 0.05) is 17.4 Å². The van der Waals surface area contributed by atoms with Crippen molar-refractivity contribution in [2.24, 2.45) is 5.73 Å². The first-order chi connectivity index (χ1) is 12.3. The van der Waals surface area contributed by atoms with Gasteiger partial charge in [-0.15, -0.1) is 0 Å². The van der Waals surface area contributed by atoms with Crippen molar-refractivity contribution in [1.82, 2.24) is 9.88 Å². The summed E-state index contributed by atoms with van der Waals surface area (Å²) in [4.78, 5) is 30.5. The number of aryl methyl sites for hydroxylation is 1.